The van der Waals surface area contributed by atoms with Crippen molar-refractivity contribution in [1.82, 2.24) is 25.9 Å². The molecule has 0 aliphatic rings. The molecule has 12 heteroatoms. The molecule has 1 heterocycles. The molecule has 2 atom stereocenters. The zero-order chi connectivity index (χ0) is 18.8. The average molecular weight is 372 g/mol. The van der Waals surface area contributed by atoms with Gasteiger partial charge in [0.1, 0.15) is 12.6 Å². The maximum atomic E-state index is 12.0. The molecule has 7 N–H and O–H groups in total. The molecule has 0 radical (unpaired) electrons. The summed E-state index contributed by atoms with van der Waals surface area (Å²) in [5, 5.41) is 15.2. The van der Waals surface area contributed by atoms with E-state index in [1.165, 1.54) is 12.5 Å². The Morgan fingerprint density at radius 3 is 2.52 bits per heavy atom. The van der Waals surface area contributed by atoms with E-state index in [1.54, 1.807) is 0 Å². The fourth-order valence-corrected chi connectivity index (χ4v) is 1.98. The molecule has 138 valence electrons. The van der Waals surface area contributed by atoms with Gasteiger partial charge in [-0.05, 0) is 0 Å². The van der Waals surface area contributed by atoms with Crippen LogP contribution in [0.4, 0.5) is 0 Å². The van der Waals surface area contributed by atoms with Crippen molar-refractivity contribution in [2.45, 2.75) is 18.5 Å². The number of aromatic amines is 1. The Hall–Kier alpha value is -2.60. The predicted octanol–water partition coefficient (Wildman–Crippen LogP) is -2.99. The molecule has 0 saturated carbocycles. The summed E-state index contributed by atoms with van der Waals surface area (Å²) in [5.41, 5.74) is 6.44. The lowest BCUT2D eigenvalue weighted by molar-refractivity contribution is -0.138. The van der Waals surface area contributed by atoms with Crippen LogP contribution in [-0.4, -0.2) is 69.7 Å². The molecular formula is C13H20N6O5S. The van der Waals surface area contributed by atoms with E-state index in [2.05, 4.69) is 38.5 Å². The highest BCUT2D eigenvalue weighted by atomic mass is 32.1. The molecule has 0 saturated heterocycles. The van der Waals surface area contributed by atoms with E-state index in [0.717, 1.165) is 0 Å². The van der Waals surface area contributed by atoms with E-state index in [-0.39, 0.29) is 12.2 Å². The van der Waals surface area contributed by atoms with Gasteiger partial charge in [-0.1, -0.05) is 0 Å². The van der Waals surface area contributed by atoms with Gasteiger partial charge in [-0.3, -0.25) is 19.2 Å². The van der Waals surface area contributed by atoms with Crippen LogP contribution in [0, 0.1) is 0 Å². The van der Waals surface area contributed by atoms with Crippen molar-refractivity contribution in [3.8, 4) is 0 Å². The Balaban J connectivity index is 2.42. The molecule has 0 fully saturated rings. The van der Waals surface area contributed by atoms with Crippen molar-refractivity contribution < 1.29 is 24.3 Å². The summed E-state index contributed by atoms with van der Waals surface area (Å²) in [4.78, 5) is 52.3. The second kappa shape index (κ2) is 10.3. The SMILES string of the molecule is N[C@@H](Cc1cnc[nH]1)C(=O)N[C@@H](CS)C(=O)NCC(=O)NCC(=O)O. The number of H-pyrrole nitrogens is 1. The maximum absolute atomic E-state index is 12.0. The number of carbonyl (C=O) groups excluding carboxylic acids is 3. The van der Waals surface area contributed by atoms with Gasteiger partial charge in [0.05, 0.1) is 18.9 Å². The Labute approximate surface area is 148 Å². The van der Waals surface area contributed by atoms with E-state index >= 15 is 0 Å². The zero-order valence-electron chi connectivity index (χ0n) is 13.2. The van der Waals surface area contributed by atoms with Crippen molar-refractivity contribution in [3.05, 3.63) is 18.2 Å². The first-order valence-electron chi connectivity index (χ1n) is 7.23. The Morgan fingerprint density at radius 2 is 1.96 bits per heavy atom. The summed E-state index contributed by atoms with van der Waals surface area (Å²) in [6, 6.07) is -1.88. The van der Waals surface area contributed by atoms with Gasteiger partial charge in [-0.2, -0.15) is 12.6 Å². The standard InChI is InChI=1S/C13H20N6O5S/c14-8(1-7-2-15-6-18-7)12(23)19-9(5-25)13(24)17-3-10(20)16-4-11(21)22/h2,6,8-9,25H,1,3-5,14H2,(H,15,18)(H,16,20)(H,17,24)(H,19,23)(H,21,22)/t8-,9-/m0/s1. The molecule has 1 rings (SSSR count). The number of aliphatic carboxylic acids is 1. The molecule has 0 aliphatic heterocycles. The number of nitrogens with zero attached hydrogens (tertiary/aromatic N) is 1. The smallest absolute Gasteiger partial charge is 0.322 e. The second-order valence-electron chi connectivity index (χ2n) is 5.02. The number of imidazole rings is 1. The molecule has 0 unspecified atom stereocenters. The number of nitrogens with two attached hydrogens (primary N) is 1. The van der Waals surface area contributed by atoms with Crippen LogP contribution >= 0.6 is 12.6 Å². The number of carbonyl (C=O) groups is 4. The molecule has 1 aromatic heterocycles. The molecule has 0 aromatic carbocycles. The van der Waals surface area contributed by atoms with Crippen LogP contribution in [0.3, 0.4) is 0 Å². The van der Waals surface area contributed by atoms with E-state index in [1.807, 2.05) is 0 Å². The Morgan fingerprint density at radius 1 is 1.24 bits per heavy atom. The number of rotatable bonds is 10. The minimum atomic E-state index is -1.20. The van der Waals surface area contributed by atoms with Gasteiger partial charge >= 0.3 is 5.97 Å². The number of aromatic nitrogens is 2. The summed E-state index contributed by atoms with van der Waals surface area (Å²) in [7, 11) is 0. The third-order valence-electron chi connectivity index (χ3n) is 3.01. The van der Waals surface area contributed by atoms with Gasteiger partial charge in [-0.15, -0.1) is 0 Å². The number of carboxylic acid groups (broad SMARTS) is 1. The lowest BCUT2D eigenvalue weighted by atomic mass is 10.1. The predicted molar refractivity (Wildman–Crippen MR) is 89.7 cm³/mol. The monoisotopic (exact) mass is 372 g/mol. The maximum Gasteiger partial charge on any atom is 0.322 e. The van der Waals surface area contributed by atoms with Crippen LogP contribution in [0.2, 0.25) is 0 Å². The van der Waals surface area contributed by atoms with Gasteiger partial charge in [0.25, 0.3) is 0 Å². The molecule has 0 aliphatic carbocycles. The highest BCUT2D eigenvalue weighted by Gasteiger charge is 2.23. The molecule has 25 heavy (non-hydrogen) atoms. The number of nitrogens with one attached hydrogen (secondary N) is 4. The van der Waals surface area contributed by atoms with Gasteiger partial charge in [0.2, 0.25) is 17.7 Å². The molecule has 3 amide bonds. The minimum absolute atomic E-state index is 0.00883. The first-order chi connectivity index (χ1) is 11.8. The summed E-state index contributed by atoms with van der Waals surface area (Å²) < 4.78 is 0. The van der Waals surface area contributed by atoms with Crippen molar-refractivity contribution >= 4 is 36.3 Å². The number of thiol groups is 1. The van der Waals surface area contributed by atoms with E-state index < -0.39 is 48.9 Å². The molecule has 0 spiro atoms. The minimum Gasteiger partial charge on any atom is -0.480 e. The van der Waals surface area contributed by atoms with Crippen LogP contribution in [0.15, 0.2) is 12.5 Å². The van der Waals surface area contributed by atoms with Gasteiger partial charge in [0, 0.05) is 24.1 Å². The summed E-state index contributed by atoms with van der Waals surface area (Å²) in [6.07, 6.45) is 3.20. The lowest BCUT2D eigenvalue weighted by Crippen LogP contribution is -2.54. The van der Waals surface area contributed by atoms with Crippen LogP contribution in [0.25, 0.3) is 0 Å². The molecule has 0 bridgehead atoms. The average Bonchev–Trinajstić information content (AvgIpc) is 3.08. The highest BCUT2D eigenvalue weighted by Crippen LogP contribution is 1.98. The van der Waals surface area contributed by atoms with Crippen LogP contribution in [0.1, 0.15) is 5.69 Å². The Kier molecular flexibility index (Phi) is 8.43. The van der Waals surface area contributed by atoms with Crippen molar-refractivity contribution in [2.75, 3.05) is 18.8 Å². The van der Waals surface area contributed by atoms with Crippen molar-refractivity contribution in [2.24, 2.45) is 5.73 Å². The normalized spacial score (nSPS) is 12.7. The summed E-state index contributed by atoms with van der Waals surface area (Å²) >= 11 is 3.99. The van der Waals surface area contributed by atoms with E-state index in [4.69, 9.17) is 10.8 Å². The fraction of sp³-hybridized carbons (Fsp3) is 0.462. The third-order valence-corrected chi connectivity index (χ3v) is 3.37. The van der Waals surface area contributed by atoms with E-state index in [0.29, 0.717) is 5.69 Å². The van der Waals surface area contributed by atoms with Crippen molar-refractivity contribution in [3.63, 3.8) is 0 Å². The second-order valence-corrected chi connectivity index (χ2v) is 5.38. The quantitative estimate of drug-likeness (QED) is 0.214. The summed E-state index contributed by atoms with van der Waals surface area (Å²) in [6.45, 7) is -0.976. The van der Waals surface area contributed by atoms with E-state index in [9.17, 15) is 19.2 Å². The summed E-state index contributed by atoms with van der Waals surface area (Å²) in [5.74, 6) is -3.07. The number of amides is 3. The largest absolute Gasteiger partial charge is 0.480 e. The molecule has 11 nitrogen and oxygen atoms in total. The topological polar surface area (TPSA) is 179 Å². The zero-order valence-corrected chi connectivity index (χ0v) is 14.1. The lowest BCUT2D eigenvalue weighted by Gasteiger charge is -2.18. The fourth-order valence-electron chi connectivity index (χ4n) is 1.73. The molecular weight excluding hydrogens is 352 g/mol. The van der Waals surface area contributed by atoms with Crippen LogP contribution < -0.4 is 21.7 Å². The number of hydrogen-bond acceptors (Lipinski definition) is 7. The number of carboxylic acids is 1. The van der Waals surface area contributed by atoms with Gasteiger partial charge < -0.3 is 31.8 Å². The number of hydrogen-bond donors (Lipinski definition) is 7. The van der Waals surface area contributed by atoms with Crippen LogP contribution in [0.5, 0.6) is 0 Å². The highest BCUT2D eigenvalue weighted by molar-refractivity contribution is 7.80. The first kappa shape index (κ1) is 20.4. The van der Waals surface area contributed by atoms with Crippen molar-refractivity contribution in [1.29, 1.82) is 0 Å². The Bertz CT molecular complexity index is 608. The third kappa shape index (κ3) is 7.67. The van der Waals surface area contributed by atoms with Gasteiger partial charge in [-0.25, -0.2) is 4.98 Å². The van der Waals surface area contributed by atoms with Crippen LogP contribution in [-0.2, 0) is 25.6 Å². The molecule has 1 aromatic rings. The van der Waals surface area contributed by atoms with Gasteiger partial charge in [0.15, 0.2) is 0 Å². The first-order valence-corrected chi connectivity index (χ1v) is 7.87.